The topological polar surface area (TPSA) is 87.8 Å². The maximum Gasteiger partial charge on any atom is 0.242 e. The molecule has 1 saturated heterocycles. The number of aliphatic hydroxyl groups excluding tert-OH is 1. The van der Waals surface area contributed by atoms with Gasteiger partial charge in [-0.15, -0.1) is 0 Å². The highest BCUT2D eigenvalue weighted by Gasteiger charge is 2.26. The van der Waals surface area contributed by atoms with Crippen LogP contribution in [-0.2, 0) is 9.53 Å². The highest BCUT2D eigenvalue weighted by molar-refractivity contribution is 5.83. The number of carbonyl (C=O) groups excluding carboxylic acids is 1. The van der Waals surface area contributed by atoms with Crippen molar-refractivity contribution in [3.05, 3.63) is 35.9 Å². The van der Waals surface area contributed by atoms with Crippen LogP contribution in [0.4, 0.5) is 0 Å². The van der Waals surface area contributed by atoms with Gasteiger partial charge in [-0.1, -0.05) is 30.3 Å². The lowest BCUT2D eigenvalue weighted by molar-refractivity contribution is -0.123. The van der Waals surface area contributed by atoms with Crippen LogP contribution in [0.15, 0.2) is 30.3 Å². The second kappa shape index (κ2) is 7.35. The quantitative estimate of drug-likeness (QED) is 0.382. The molecule has 6 nitrogen and oxygen atoms in total. The Morgan fingerprint density at radius 2 is 2.25 bits per heavy atom. The van der Waals surface area contributed by atoms with Gasteiger partial charge in [0.25, 0.3) is 0 Å². The highest BCUT2D eigenvalue weighted by Crippen LogP contribution is 2.18. The van der Waals surface area contributed by atoms with E-state index in [1.165, 1.54) is 0 Å². The van der Waals surface area contributed by atoms with E-state index >= 15 is 0 Å². The molecule has 0 aliphatic carbocycles. The molecule has 0 spiro atoms. The number of aliphatic hydroxyl groups is 1. The first-order valence-corrected chi connectivity index (χ1v) is 6.74. The molecule has 110 valence electrons. The normalized spacial score (nSPS) is 21.4. The van der Waals surface area contributed by atoms with Gasteiger partial charge in [0.1, 0.15) is 0 Å². The first-order chi connectivity index (χ1) is 9.74. The van der Waals surface area contributed by atoms with Crippen LogP contribution < -0.4 is 11.3 Å². The third kappa shape index (κ3) is 3.77. The van der Waals surface area contributed by atoms with Crippen molar-refractivity contribution in [2.45, 2.75) is 12.0 Å². The van der Waals surface area contributed by atoms with Crippen molar-refractivity contribution in [2.24, 2.45) is 5.84 Å². The van der Waals surface area contributed by atoms with E-state index in [1.807, 2.05) is 30.3 Å². The first-order valence-electron chi connectivity index (χ1n) is 6.74. The van der Waals surface area contributed by atoms with E-state index < -0.39 is 0 Å². The molecular formula is C14H21N3O3. The van der Waals surface area contributed by atoms with Crippen molar-refractivity contribution in [1.29, 1.82) is 0 Å². The van der Waals surface area contributed by atoms with Crippen LogP contribution in [0.5, 0.6) is 0 Å². The van der Waals surface area contributed by atoms with Gasteiger partial charge < -0.3 is 9.84 Å². The van der Waals surface area contributed by atoms with Crippen molar-refractivity contribution in [1.82, 2.24) is 10.3 Å². The van der Waals surface area contributed by atoms with Gasteiger partial charge in [0.05, 0.1) is 25.2 Å². The lowest BCUT2D eigenvalue weighted by Gasteiger charge is -2.34. The van der Waals surface area contributed by atoms with Crippen LogP contribution in [0.1, 0.15) is 11.5 Å². The van der Waals surface area contributed by atoms with Crippen LogP contribution >= 0.6 is 0 Å². The van der Waals surface area contributed by atoms with Crippen molar-refractivity contribution in [3.63, 3.8) is 0 Å². The van der Waals surface area contributed by atoms with Gasteiger partial charge >= 0.3 is 0 Å². The lowest BCUT2D eigenvalue weighted by Crippen LogP contribution is -2.48. The summed E-state index contributed by atoms with van der Waals surface area (Å²) in [6, 6.07) is 9.56. The molecule has 1 aliphatic rings. The third-order valence-corrected chi connectivity index (χ3v) is 3.53. The maximum absolute atomic E-state index is 12.0. The summed E-state index contributed by atoms with van der Waals surface area (Å²) in [7, 11) is 0. The standard InChI is InChI=1S/C14H21N3O3/c15-16-14(19)13(11-4-2-1-3-5-11)9-17-6-7-20-12(8-17)10-18/h1-5,12-13,18H,6-10,15H2,(H,16,19). The summed E-state index contributed by atoms with van der Waals surface area (Å²) >= 11 is 0. The number of nitrogens with two attached hydrogens (primary N) is 1. The van der Waals surface area contributed by atoms with E-state index in [0.717, 1.165) is 12.1 Å². The fraction of sp³-hybridized carbons (Fsp3) is 0.500. The minimum absolute atomic E-state index is 0.00438. The number of amides is 1. The molecule has 0 aromatic heterocycles. The number of ether oxygens (including phenoxy) is 1. The van der Waals surface area contributed by atoms with Gasteiger partial charge in [0.15, 0.2) is 0 Å². The number of benzene rings is 1. The molecule has 0 radical (unpaired) electrons. The summed E-state index contributed by atoms with van der Waals surface area (Å²) in [5, 5.41) is 9.16. The Morgan fingerprint density at radius 3 is 2.90 bits per heavy atom. The number of nitrogens with zero attached hydrogens (tertiary/aromatic N) is 1. The Balaban J connectivity index is 2.06. The van der Waals surface area contributed by atoms with Gasteiger partial charge in [-0.3, -0.25) is 15.1 Å². The summed E-state index contributed by atoms with van der Waals surface area (Å²) in [6.07, 6.45) is -0.180. The van der Waals surface area contributed by atoms with E-state index in [4.69, 9.17) is 15.7 Å². The maximum atomic E-state index is 12.0. The molecule has 20 heavy (non-hydrogen) atoms. The van der Waals surface area contributed by atoms with Crippen LogP contribution in [0.25, 0.3) is 0 Å². The van der Waals surface area contributed by atoms with Gasteiger partial charge in [0, 0.05) is 19.6 Å². The largest absolute Gasteiger partial charge is 0.394 e. The van der Waals surface area contributed by atoms with Crippen molar-refractivity contribution < 1.29 is 14.6 Å². The summed E-state index contributed by atoms with van der Waals surface area (Å²) in [5.41, 5.74) is 3.16. The molecule has 2 unspecified atom stereocenters. The predicted molar refractivity (Wildman–Crippen MR) is 74.8 cm³/mol. The van der Waals surface area contributed by atoms with Crippen molar-refractivity contribution in [3.8, 4) is 0 Å². The summed E-state index contributed by atoms with van der Waals surface area (Å²) in [6.45, 7) is 2.49. The lowest BCUT2D eigenvalue weighted by atomic mass is 9.97. The van der Waals surface area contributed by atoms with Crippen LogP contribution in [0.3, 0.4) is 0 Å². The third-order valence-electron chi connectivity index (χ3n) is 3.53. The van der Waals surface area contributed by atoms with Gasteiger partial charge in [-0.2, -0.15) is 0 Å². The highest BCUT2D eigenvalue weighted by atomic mass is 16.5. The van der Waals surface area contributed by atoms with Gasteiger partial charge in [-0.25, -0.2) is 5.84 Å². The second-order valence-electron chi connectivity index (χ2n) is 4.91. The number of nitrogens with one attached hydrogen (secondary N) is 1. The van der Waals surface area contributed by atoms with E-state index in [0.29, 0.717) is 19.7 Å². The Bertz CT molecular complexity index is 427. The molecule has 1 fully saturated rings. The monoisotopic (exact) mass is 279 g/mol. The zero-order valence-electron chi connectivity index (χ0n) is 11.4. The number of hydrogen-bond acceptors (Lipinski definition) is 5. The smallest absolute Gasteiger partial charge is 0.242 e. The van der Waals surface area contributed by atoms with E-state index in [-0.39, 0.29) is 24.5 Å². The van der Waals surface area contributed by atoms with E-state index in [9.17, 15) is 4.79 Å². The average molecular weight is 279 g/mol. The number of rotatable bonds is 5. The summed E-state index contributed by atoms with van der Waals surface area (Å²) in [5.74, 6) is 4.76. The summed E-state index contributed by atoms with van der Waals surface area (Å²) < 4.78 is 5.41. The fourth-order valence-corrected chi connectivity index (χ4v) is 2.44. The minimum Gasteiger partial charge on any atom is -0.394 e. The van der Waals surface area contributed by atoms with Crippen LogP contribution in [0.2, 0.25) is 0 Å². The van der Waals surface area contributed by atoms with Crippen molar-refractivity contribution in [2.75, 3.05) is 32.8 Å². The number of morpholine rings is 1. The number of hydrogen-bond donors (Lipinski definition) is 3. The number of hydrazine groups is 1. The van der Waals surface area contributed by atoms with Crippen LogP contribution in [-0.4, -0.2) is 54.9 Å². The average Bonchev–Trinajstić information content (AvgIpc) is 2.53. The SMILES string of the molecule is NNC(=O)C(CN1CCOC(CO)C1)c1ccccc1. The Morgan fingerprint density at radius 1 is 1.50 bits per heavy atom. The first kappa shape index (κ1) is 14.9. The molecule has 0 saturated carbocycles. The molecule has 1 aromatic rings. The van der Waals surface area contributed by atoms with E-state index in [2.05, 4.69) is 10.3 Å². The predicted octanol–water partition coefficient (Wildman–Crippen LogP) is -0.547. The Labute approximate surface area is 118 Å². The molecule has 6 heteroatoms. The number of carbonyl (C=O) groups is 1. The molecule has 1 amide bonds. The summed E-state index contributed by atoms with van der Waals surface area (Å²) in [4.78, 5) is 14.1. The van der Waals surface area contributed by atoms with E-state index in [1.54, 1.807) is 0 Å². The molecule has 1 aliphatic heterocycles. The molecule has 1 aromatic carbocycles. The second-order valence-corrected chi connectivity index (χ2v) is 4.91. The van der Waals surface area contributed by atoms with Gasteiger partial charge in [-0.05, 0) is 5.56 Å². The fourth-order valence-electron chi connectivity index (χ4n) is 2.44. The van der Waals surface area contributed by atoms with Crippen molar-refractivity contribution >= 4 is 5.91 Å². The zero-order valence-corrected chi connectivity index (χ0v) is 11.4. The molecule has 1 heterocycles. The van der Waals surface area contributed by atoms with Gasteiger partial charge in [0.2, 0.25) is 5.91 Å². The molecule has 2 rings (SSSR count). The van der Waals surface area contributed by atoms with Crippen LogP contribution in [0, 0.1) is 0 Å². The molecule has 0 bridgehead atoms. The Hall–Kier alpha value is -1.47. The zero-order chi connectivity index (χ0) is 14.4. The Kier molecular flexibility index (Phi) is 5.49. The molecule has 2 atom stereocenters. The molecular weight excluding hydrogens is 258 g/mol. The molecule has 4 N–H and O–H groups in total. The minimum atomic E-state index is -0.321.